The first-order chi connectivity index (χ1) is 16.6. The molecule has 0 bridgehead atoms. The number of carbonyl (C=O) groups excluding carboxylic acids is 1. The van der Waals surface area contributed by atoms with Crippen molar-refractivity contribution in [1.82, 2.24) is 5.32 Å². The molecule has 0 aliphatic heterocycles. The maximum Gasteiger partial charge on any atom is 0.456 e. The molecule has 0 aliphatic carbocycles. The van der Waals surface area contributed by atoms with E-state index in [1.54, 1.807) is 0 Å². The standard InChI is InChI=1S/C21H25F5N2O8/c1-2-3-4-5-6-7-10-19(17(30)31,18(32)33)27-16(29)13-8-9-14(28(34)35)15(11-13)36-12-20(22,23)21(24,25)26/h8-9,11H,2-7,10,12H2,1H3,(H,27,29)(H,30,31)(H,32,33). The molecule has 0 heterocycles. The first-order valence-corrected chi connectivity index (χ1v) is 10.7. The lowest BCUT2D eigenvalue weighted by Crippen LogP contribution is -2.60. The molecular weight excluding hydrogens is 503 g/mol. The van der Waals surface area contributed by atoms with Crippen molar-refractivity contribution < 1.29 is 56.2 Å². The molecule has 36 heavy (non-hydrogen) atoms. The highest BCUT2D eigenvalue weighted by Crippen LogP contribution is 2.37. The molecule has 1 aromatic rings. The predicted octanol–water partition coefficient (Wildman–Crippen LogP) is 4.56. The Hall–Kier alpha value is -3.52. The van der Waals surface area contributed by atoms with Crippen LogP contribution in [-0.2, 0) is 9.59 Å². The molecule has 1 aromatic carbocycles. The molecule has 202 valence electrons. The van der Waals surface area contributed by atoms with E-state index >= 15 is 0 Å². The summed E-state index contributed by atoms with van der Waals surface area (Å²) in [5.74, 6) is -11.7. The van der Waals surface area contributed by atoms with Crippen molar-refractivity contribution >= 4 is 23.5 Å². The summed E-state index contributed by atoms with van der Waals surface area (Å²) in [6.07, 6.45) is -2.53. The van der Waals surface area contributed by atoms with E-state index in [0.29, 0.717) is 25.0 Å². The number of nitrogens with one attached hydrogen (secondary N) is 1. The van der Waals surface area contributed by atoms with Crippen LogP contribution in [0.1, 0.15) is 62.2 Å². The van der Waals surface area contributed by atoms with Gasteiger partial charge in [-0.15, -0.1) is 0 Å². The smallest absolute Gasteiger partial charge is 0.456 e. The first-order valence-electron chi connectivity index (χ1n) is 10.7. The van der Waals surface area contributed by atoms with E-state index in [9.17, 15) is 56.7 Å². The molecule has 0 aliphatic rings. The lowest BCUT2D eigenvalue weighted by Gasteiger charge is -2.26. The van der Waals surface area contributed by atoms with Crippen LogP contribution in [0.25, 0.3) is 0 Å². The fourth-order valence-corrected chi connectivity index (χ4v) is 3.08. The van der Waals surface area contributed by atoms with Gasteiger partial charge in [-0.1, -0.05) is 39.0 Å². The minimum atomic E-state index is -6.02. The Kier molecular flexibility index (Phi) is 10.5. The van der Waals surface area contributed by atoms with E-state index in [-0.39, 0.29) is 6.42 Å². The predicted molar refractivity (Wildman–Crippen MR) is 113 cm³/mol. The molecule has 0 saturated heterocycles. The number of unbranched alkanes of at least 4 members (excludes halogenated alkanes) is 5. The van der Waals surface area contributed by atoms with Crippen LogP contribution in [0.2, 0.25) is 0 Å². The number of rotatable bonds is 15. The van der Waals surface area contributed by atoms with Crippen LogP contribution in [-0.4, -0.2) is 57.2 Å². The number of hydrogen-bond donors (Lipinski definition) is 3. The molecule has 1 amide bonds. The summed E-state index contributed by atoms with van der Waals surface area (Å²) in [6, 6.07) is 1.74. The van der Waals surface area contributed by atoms with Gasteiger partial charge in [0, 0.05) is 17.7 Å². The number of benzene rings is 1. The van der Waals surface area contributed by atoms with E-state index < -0.39 is 70.4 Å². The third kappa shape index (κ3) is 7.75. The van der Waals surface area contributed by atoms with E-state index in [1.807, 2.05) is 12.2 Å². The van der Waals surface area contributed by atoms with Crippen molar-refractivity contribution in [3.05, 3.63) is 33.9 Å². The Labute approximate surface area is 201 Å². The molecule has 10 nitrogen and oxygen atoms in total. The number of hydrogen-bond acceptors (Lipinski definition) is 6. The lowest BCUT2D eigenvalue weighted by molar-refractivity contribution is -0.386. The van der Waals surface area contributed by atoms with Gasteiger partial charge in [0.25, 0.3) is 5.91 Å². The molecule has 0 unspecified atom stereocenters. The average molecular weight is 528 g/mol. The number of nitro benzene ring substituents is 1. The van der Waals surface area contributed by atoms with E-state index in [4.69, 9.17) is 0 Å². The number of alkyl halides is 5. The topological polar surface area (TPSA) is 156 Å². The van der Waals surface area contributed by atoms with Crippen LogP contribution in [0, 0.1) is 10.1 Å². The number of carboxylic acids is 2. The number of amides is 1. The third-order valence-electron chi connectivity index (χ3n) is 5.20. The SMILES string of the molecule is CCCCCCCCC(NC(=O)c1ccc([N+](=O)[O-])c(OCC(F)(F)C(F)(F)F)c1)(C(=O)O)C(=O)O. The summed E-state index contributed by atoms with van der Waals surface area (Å²) in [5.41, 5.74) is -4.51. The van der Waals surface area contributed by atoms with Gasteiger partial charge >= 0.3 is 29.7 Å². The molecule has 0 saturated carbocycles. The van der Waals surface area contributed by atoms with Gasteiger partial charge in [-0.25, -0.2) is 9.59 Å². The van der Waals surface area contributed by atoms with Gasteiger partial charge in [-0.3, -0.25) is 14.9 Å². The Bertz CT molecular complexity index is 954. The zero-order valence-corrected chi connectivity index (χ0v) is 19.1. The molecule has 0 aromatic heterocycles. The van der Waals surface area contributed by atoms with Gasteiger partial charge in [-0.2, -0.15) is 22.0 Å². The van der Waals surface area contributed by atoms with Gasteiger partial charge < -0.3 is 20.3 Å². The summed E-state index contributed by atoms with van der Waals surface area (Å²) in [6.45, 7) is -0.361. The van der Waals surface area contributed by atoms with Crippen LogP contribution in [0.5, 0.6) is 5.75 Å². The van der Waals surface area contributed by atoms with Crippen LogP contribution in [0.15, 0.2) is 18.2 Å². The molecule has 0 atom stereocenters. The number of nitro groups is 1. The molecule has 0 radical (unpaired) electrons. The maximum absolute atomic E-state index is 13.2. The number of carbonyl (C=O) groups is 3. The van der Waals surface area contributed by atoms with Crippen molar-refractivity contribution in [1.29, 1.82) is 0 Å². The summed E-state index contributed by atoms with van der Waals surface area (Å²) in [5, 5.41) is 32.0. The normalized spacial score (nSPS) is 12.2. The number of ether oxygens (including phenoxy) is 1. The number of nitrogens with zero attached hydrogens (tertiary/aromatic N) is 1. The van der Waals surface area contributed by atoms with Gasteiger partial charge in [0.15, 0.2) is 12.4 Å². The summed E-state index contributed by atoms with van der Waals surface area (Å²) in [7, 11) is 0. The van der Waals surface area contributed by atoms with Gasteiger partial charge in [0.05, 0.1) is 4.92 Å². The summed E-state index contributed by atoms with van der Waals surface area (Å²) in [4.78, 5) is 46.2. The van der Waals surface area contributed by atoms with Crippen LogP contribution >= 0.6 is 0 Å². The summed E-state index contributed by atoms with van der Waals surface area (Å²) < 4.78 is 67.9. The van der Waals surface area contributed by atoms with E-state index in [0.717, 1.165) is 25.3 Å². The largest absolute Gasteiger partial charge is 0.480 e. The lowest BCUT2D eigenvalue weighted by atomic mass is 9.91. The van der Waals surface area contributed by atoms with Gasteiger partial charge in [0.1, 0.15) is 0 Å². The van der Waals surface area contributed by atoms with Gasteiger partial charge in [0.2, 0.25) is 5.54 Å². The van der Waals surface area contributed by atoms with Crippen molar-refractivity contribution in [2.45, 2.75) is 69.5 Å². The highest BCUT2D eigenvalue weighted by atomic mass is 19.4. The fourth-order valence-electron chi connectivity index (χ4n) is 3.08. The Morgan fingerprint density at radius 3 is 2.06 bits per heavy atom. The van der Waals surface area contributed by atoms with Crippen LogP contribution in [0.4, 0.5) is 27.6 Å². The van der Waals surface area contributed by atoms with Crippen LogP contribution < -0.4 is 10.1 Å². The summed E-state index contributed by atoms with van der Waals surface area (Å²) >= 11 is 0. The highest BCUT2D eigenvalue weighted by Gasteiger charge is 2.58. The number of halogens is 5. The quantitative estimate of drug-likeness (QED) is 0.0984. The Morgan fingerprint density at radius 2 is 1.56 bits per heavy atom. The van der Waals surface area contributed by atoms with E-state index in [1.165, 1.54) is 0 Å². The van der Waals surface area contributed by atoms with Gasteiger partial charge in [-0.05, 0) is 18.9 Å². The second kappa shape index (κ2) is 12.4. The molecule has 0 fully saturated rings. The second-order valence-electron chi connectivity index (χ2n) is 7.92. The minimum Gasteiger partial charge on any atom is -0.480 e. The number of carboxylic acid groups (broad SMARTS) is 2. The number of aliphatic carboxylic acids is 2. The monoisotopic (exact) mass is 528 g/mol. The molecule has 15 heteroatoms. The second-order valence-corrected chi connectivity index (χ2v) is 7.92. The van der Waals surface area contributed by atoms with E-state index in [2.05, 4.69) is 4.74 Å². The Morgan fingerprint density at radius 1 is 1.00 bits per heavy atom. The maximum atomic E-state index is 13.2. The zero-order chi connectivity index (χ0) is 27.7. The Balaban J connectivity index is 3.18. The minimum absolute atomic E-state index is 0.115. The third-order valence-corrected chi connectivity index (χ3v) is 5.20. The van der Waals surface area contributed by atoms with Crippen molar-refractivity contribution in [3.8, 4) is 5.75 Å². The van der Waals surface area contributed by atoms with Crippen LogP contribution in [0.3, 0.4) is 0 Å². The molecule has 1 rings (SSSR count). The molecule has 0 spiro atoms. The fraction of sp³-hybridized carbons (Fsp3) is 0.571. The van der Waals surface area contributed by atoms with Crippen molar-refractivity contribution in [3.63, 3.8) is 0 Å². The molecular formula is C21H25F5N2O8. The van der Waals surface area contributed by atoms with Crippen molar-refractivity contribution in [2.24, 2.45) is 0 Å². The molecule has 3 N–H and O–H groups in total. The van der Waals surface area contributed by atoms with Crippen molar-refractivity contribution in [2.75, 3.05) is 6.61 Å². The first kappa shape index (κ1) is 30.5. The highest BCUT2D eigenvalue weighted by molar-refractivity contribution is 6.09. The average Bonchev–Trinajstić information content (AvgIpc) is 2.77. The zero-order valence-electron chi connectivity index (χ0n) is 19.1.